The SMILES string of the molecule is CCCCc1c(C(F)F)n(C(=O)CCC)c(=O)n1Cc1ccc(-c2ccccc2C(=O)O)cc1. The van der Waals surface area contributed by atoms with E-state index in [4.69, 9.17) is 0 Å². The van der Waals surface area contributed by atoms with Crippen LogP contribution in [0.2, 0.25) is 0 Å². The molecular weight excluding hydrogens is 442 g/mol. The van der Waals surface area contributed by atoms with Crippen molar-refractivity contribution >= 4 is 11.9 Å². The average Bonchev–Trinajstić information content (AvgIpc) is 3.09. The summed E-state index contributed by atoms with van der Waals surface area (Å²) in [5.74, 6) is -1.66. The van der Waals surface area contributed by atoms with E-state index in [-0.39, 0.29) is 30.6 Å². The van der Waals surface area contributed by atoms with Gasteiger partial charge in [0.25, 0.3) is 6.43 Å². The van der Waals surface area contributed by atoms with E-state index in [2.05, 4.69) is 0 Å². The molecule has 1 aromatic heterocycles. The zero-order chi connectivity index (χ0) is 24.8. The normalized spacial score (nSPS) is 11.2. The maximum absolute atomic E-state index is 14.0. The highest BCUT2D eigenvalue weighted by Gasteiger charge is 2.29. The van der Waals surface area contributed by atoms with Gasteiger partial charge in [-0.05, 0) is 42.0 Å². The van der Waals surface area contributed by atoms with E-state index < -0.39 is 29.7 Å². The number of hydrogen-bond acceptors (Lipinski definition) is 3. The third-order valence-corrected chi connectivity index (χ3v) is 5.73. The van der Waals surface area contributed by atoms with Gasteiger partial charge >= 0.3 is 11.7 Å². The first-order chi connectivity index (χ1) is 16.3. The first-order valence-electron chi connectivity index (χ1n) is 11.4. The minimum absolute atomic E-state index is 0.00847. The van der Waals surface area contributed by atoms with Gasteiger partial charge < -0.3 is 5.11 Å². The number of hydrogen-bond donors (Lipinski definition) is 1. The van der Waals surface area contributed by atoms with E-state index in [9.17, 15) is 28.3 Å². The van der Waals surface area contributed by atoms with Gasteiger partial charge in [0.1, 0.15) is 5.69 Å². The van der Waals surface area contributed by atoms with Crippen molar-refractivity contribution in [3.8, 4) is 11.1 Å². The van der Waals surface area contributed by atoms with Crippen molar-refractivity contribution in [2.45, 2.75) is 58.9 Å². The number of carboxylic acid groups (broad SMARTS) is 1. The lowest BCUT2D eigenvalue weighted by Crippen LogP contribution is -2.30. The van der Waals surface area contributed by atoms with Crippen LogP contribution in [0, 0.1) is 0 Å². The second-order valence-electron chi connectivity index (χ2n) is 8.13. The molecular formula is C26H28F2N2O4. The Kier molecular flexibility index (Phi) is 8.15. The van der Waals surface area contributed by atoms with Crippen molar-refractivity contribution in [2.75, 3.05) is 0 Å². The Morgan fingerprint density at radius 1 is 1.00 bits per heavy atom. The number of imidazole rings is 1. The predicted octanol–water partition coefficient (Wildman–Crippen LogP) is 5.78. The quantitative estimate of drug-likeness (QED) is 0.407. The molecule has 2 aromatic carbocycles. The Morgan fingerprint density at radius 3 is 2.26 bits per heavy atom. The molecule has 3 aromatic rings. The summed E-state index contributed by atoms with van der Waals surface area (Å²) in [6.07, 6.45) is -0.867. The lowest BCUT2D eigenvalue weighted by Gasteiger charge is -2.11. The average molecular weight is 471 g/mol. The molecule has 1 heterocycles. The maximum Gasteiger partial charge on any atom is 0.336 e. The lowest BCUT2D eigenvalue weighted by atomic mass is 9.99. The number of aromatic carboxylic acids is 1. The molecule has 6 nitrogen and oxygen atoms in total. The van der Waals surface area contributed by atoms with E-state index in [1.165, 1.54) is 10.6 Å². The van der Waals surface area contributed by atoms with Crippen molar-refractivity contribution < 1.29 is 23.5 Å². The summed E-state index contributed by atoms with van der Waals surface area (Å²) in [5, 5.41) is 9.44. The minimum Gasteiger partial charge on any atom is -0.478 e. The van der Waals surface area contributed by atoms with Gasteiger partial charge in [-0.25, -0.2) is 22.9 Å². The van der Waals surface area contributed by atoms with Crippen LogP contribution in [0.3, 0.4) is 0 Å². The van der Waals surface area contributed by atoms with Gasteiger partial charge in [0, 0.05) is 12.1 Å². The van der Waals surface area contributed by atoms with Crippen LogP contribution in [-0.4, -0.2) is 26.1 Å². The van der Waals surface area contributed by atoms with E-state index in [1.807, 2.05) is 6.92 Å². The lowest BCUT2D eigenvalue weighted by molar-refractivity contribution is 0.0697. The third-order valence-electron chi connectivity index (χ3n) is 5.73. The monoisotopic (exact) mass is 470 g/mol. The highest BCUT2D eigenvalue weighted by atomic mass is 19.3. The van der Waals surface area contributed by atoms with Crippen LogP contribution in [0.1, 0.15) is 78.1 Å². The number of carbonyl (C=O) groups excluding carboxylic acids is 1. The van der Waals surface area contributed by atoms with Gasteiger partial charge in [0.05, 0.1) is 12.1 Å². The molecule has 8 heteroatoms. The van der Waals surface area contributed by atoms with Crippen LogP contribution in [0.15, 0.2) is 53.3 Å². The smallest absolute Gasteiger partial charge is 0.336 e. The summed E-state index contributed by atoms with van der Waals surface area (Å²) < 4.78 is 30.0. The number of nitrogens with zero attached hydrogens (tertiary/aromatic N) is 2. The van der Waals surface area contributed by atoms with E-state index in [0.717, 1.165) is 6.42 Å². The Bertz CT molecular complexity index is 1230. The molecule has 0 unspecified atom stereocenters. The van der Waals surface area contributed by atoms with Crippen LogP contribution >= 0.6 is 0 Å². The Labute approximate surface area is 196 Å². The second kappa shape index (κ2) is 11.0. The summed E-state index contributed by atoms with van der Waals surface area (Å²) >= 11 is 0. The number of carbonyl (C=O) groups is 2. The maximum atomic E-state index is 14.0. The molecule has 0 saturated carbocycles. The van der Waals surface area contributed by atoms with Crippen molar-refractivity contribution in [3.63, 3.8) is 0 Å². The molecule has 0 radical (unpaired) electrons. The summed E-state index contributed by atoms with van der Waals surface area (Å²) in [6.45, 7) is 3.71. The summed E-state index contributed by atoms with van der Waals surface area (Å²) in [7, 11) is 0. The van der Waals surface area contributed by atoms with Crippen molar-refractivity contribution in [3.05, 3.63) is 81.5 Å². The zero-order valence-electron chi connectivity index (χ0n) is 19.3. The van der Waals surface area contributed by atoms with Gasteiger partial charge in [-0.2, -0.15) is 0 Å². The molecule has 0 aliphatic heterocycles. The van der Waals surface area contributed by atoms with Crippen LogP contribution in [0.25, 0.3) is 11.1 Å². The van der Waals surface area contributed by atoms with Gasteiger partial charge in [-0.15, -0.1) is 0 Å². The van der Waals surface area contributed by atoms with Crippen LogP contribution in [-0.2, 0) is 13.0 Å². The van der Waals surface area contributed by atoms with E-state index in [0.29, 0.717) is 34.1 Å². The van der Waals surface area contributed by atoms with Crippen LogP contribution in [0.4, 0.5) is 8.78 Å². The van der Waals surface area contributed by atoms with Crippen molar-refractivity contribution in [1.82, 2.24) is 9.13 Å². The molecule has 0 fully saturated rings. The van der Waals surface area contributed by atoms with E-state index >= 15 is 0 Å². The molecule has 0 atom stereocenters. The van der Waals surface area contributed by atoms with Crippen LogP contribution in [0.5, 0.6) is 0 Å². The third kappa shape index (κ3) is 5.16. The molecule has 0 aliphatic carbocycles. The van der Waals surface area contributed by atoms with Gasteiger partial charge in [-0.1, -0.05) is 62.7 Å². The fourth-order valence-electron chi connectivity index (χ4n) is 4.06. The molecule has 0 amide bonds. The molecule has 0 bridgehead atoms. The van der Waals surface area contributed by atoms with Crippen LogP contribution < -0.4 is 5.69 Å². The Hall–Kier alpha value is -3.55. The molecule has 0 saturated heterocycles. The van der Waals surface area contributed by atoms with Gasteiger partial charge in [0.15, 0.2) is 0 Å². The fraction of sp³-hybridized carbons (Fsp3) is 0.346. The first-order valence-corrected chi connectivity index (χ1v) is 11.4. The summed E-state index contributed by atoms with van der Waals surface area (Å²) in [5.41, 5.74) is 1.01. The number of halogens is 2. The number of benzene rings is 2. The second-order valence-corrected chi connectivity index (χ2v) is 8.13. The molecule has 180 valence electrons. The molecule has 1 N–H and O–H groups in total. The fourth-order valence-corrected chi connectivity index (χ4v) is 4.06. The number of alkyl halides is 2. The standard InChI is InChI=1S/C26H28F2N2O4/c1-3-5-11-21-23(24(27)28)30(22(31)8-4-2)26(34)29(21)16-17-12-14-18(15-13-17)19-9-6-7-10-20(19)25(32)33/h6-7,9-10,12-15,24H,3-5,8,11,16H2,1-2H3,(H,32,33). The predicted molar refractivity (Wildman–Crippen MR) is 126 cm³/mol. The van der Waals surface area contributed by atoms with Crippen molar-refractivity contribution in [2.24, 2.45) is 0 Å². The summed E-state index contributed by atoms with van der Waals surface area (Å²) in [4.78, 5) is 37.2. The largest absolute Gasteiger partial charge is 0.478 e. The minimum atomic E-state index is -2.95. The summed E-state index contributed by atoms with van der Waals surface area (Å²) in [6, 6.07) is 13.6. The number of rotatable bonds is 10. The highest BCUT2D eigenvalue weighted by Crippen LogP contribution is 2.27. The highest BCUT2D eigenvalue weighted by molar-refractivity contribution is 5.96. The Morgan fingerprint density at radius 2 is 1.68 bits per heavy atom. The van der Waals surface area contributed by atoms with Crippen molar-refractivity contribution in [1.29, 1.82) is 0 Å². The molecule has 0 spiro atoms. The molecule has 34 heavy (non-hydrogen) atoms. The first kappa shape index (κ1) is 25.1. The number of carboxylic acids is 1. The zero-order valence-corrected chi connectivity index (χ0v) is 19.3. The topological polar surface area (TPSA) is 81.3 Å². The van der Waals surface area contributed by atoms with Gasteiger partial charge in [-0.3, -0.25) is 9.36 Å². The van der Waals surface area contributed by atoms with E-state index in [1.54, 1.807) is 49.4 Å². The molecule has 3 rings (SSSR count). The van der Waals surface area contributed by atoms with Gasteiger partial charge in [0.2, 0.25) is 5.91 Å². The number of aromatic nitrogens is 2. The number of unbranched alkanes of at least 4 members (excludes halogenated alkanes) is 1. The molecule has 0 aliphatic rings. The Balaban J connectivity index is 2.03.